The number of carbonyl (C=O) groups is 1. The van der Waals surface area contributed by atoms with E-state index in [9.17, 15) is 4.79 Å². The Bertz CT molecular complexity index is 701. The van der Waals surface area contributed by atoms with E-state index in [0.29, 0.717) is 17.5 Å². The molecule has 3 heteroatoms. The number of para-hydroxylation sites is 1. The molecule has 1 aliphatic carbocycles. The van der Waals surface area contributed by atoms with Crippen molar-refractivity contribution in [3.05, 3.63) is 29.8 Å². The molecule has 4 aliphatic rings. The van der Waals surface area contributed by atoms with Crippen LogP contribution in [0.2, 0.25) is 0 Å². The third-order valence-corrected chi connectivity index (χ3v) is 7.90. The number of piperidine rings is 1. The fourth-order valence-electron chi connectivity index (χ4n) is 7.16. The molecule has 0 bridgehead atoms. The number of hydrogen-bond acceptors (Lipinski definition) is 2. The fourth-order valence-corrected chi connectivity index (χ4v) is 7.16. The van der Waals surface area contributed by atoms with Crippen molar-refractivity contribution in [2.24, 2.45) is 5.41 Å². The minimum Gasteiger partial charge on any atom is -0.308 e. The highest BCUT2D eigenvalue weighted by Crippen LogP contribution is 2.65. The van der Waals surface area contributed by atoms with E-state index in [0.717, 1.165) is 0 Å². The summed E-state index contributed by atoms with van der Waals surface area (Å²) < 4.78 is 0. The highest BCUT2D eigenvalue weighted by atomic mass is 16.2. The maximum absolute atomic E-state index is 12.6. The minimum atomic E-state index is 0.178. The number of fused-ring (bicyclic) bond motifs is 1. The lowest BCUT2D eigenvalue weighted by molar-refractivity contribution is -0.118. The van der Waals surface area contributed by atoms with E-state index >= 15 is 0 Å². The highest BCUT2D eigenvalue weighted by Gasteiger charge is 2.68. The van der Waals surface area contributed by atoms with Crippen molar-refractivity contribution >= 4 is 11.6 Å². The molecule has 1 aromatic rings. The zero-order valence-corrected chi connectivity index (χ0v) is 14.9. The first-order valence-electron chi connectivity index (χ1n) is 9.77. The van der Waals surface area contributed by atoms with Crippen LogP contribution >= 0.6 is 0 Å². The van der Waals surface area contributed by atoms with Gasteiger partial charge in [0.1, 0.15) is 0 Å². The zero-order valence-electron chi connectivity index (χ0n) is 14.9. The number of hydrogen-bond donors (Lipinski definition) is 0. The van der Waals surface area contributed by atoms with E-state index in [4.69, 9.17) is 0 Å². The summed E-state index contributed by atoms with van der Waals surface area (Å²) >= 11 is 0. The Morgan fingerprint density at radius 3 is 2.83 bits per heavy atom. The Kier molecular flexibility index (Phi) is 3.02. The molecule has 1 saturated carbocycles. The molecule has 3 fully saturated rings. The molecule has 1 aromatic carbocycles. The van der Waals surface area contributed by atoms with Crippen molar-refractivity contribution in [2.75, 3.05) is 18.0 Å². The van der Waals surface area contributed by atoms with E-state index in [-0.39, 0.29) is 11.3 Å². The summed E-state index contributed by atoms with van der Waals surface area (Å²) in [5, 5.41) is 0. The molecule has 5 rings (SSSR count). The Morgan fingerprint density at radius 1 is 1.21 bits per heavy atom. The smallest absolute Gasteiger partial charge is 0.224 e. The zero-order chi connectivity index (χ0) is 16.5. The molecule has 3 aliphatic heterocycles. The van der Waals surface area contributed by atoms with Crippen LogP contribution in [-0.4, -0.2) is 36.0 Å². The SMILES string of the molecule is CC[C@@]12CCCN3CC[C@]4(c5ccccc5N(C(C)=O)[C@@H]4CC1)[C@H]32. The van der Waals surface area contributed by atoms with Gasteiger partial charge in [-0.15, -0.1) is 0 Å². The molecule has 0 unspecified atom stereocenters. The Morgan fingerprint density at radius 2 is 2.04 bits per heavy atom. The summed E-state index contributed by atoms with van der Waals surface area (Å²) in [6.45, 7) is 6.62. The number of benzene rings is 1. The number of rotatable bonds is 1. The quantitative estimate of drug-likeness (QED) is 0.786. The predicted molar refractivity (Wildman–Crippen MR) is 96.2 cm³/mol. The number of anilines is 1. The lowest BCUT2D eigenvalue weighted by Crippen LogP contribution is -2.65. The first-order valence-corrected chi connectivity index (χ1v) is 9.77. The van der Waals surface area contributed by atoms with Crippen molar-refractivity contribution in [1.82, 2.24) is 4.90 Å². The van der Waals surface area contributed by atoms with E-state index in [2.05, 4.69) is 41.0 Å². The normalized spacial score (nSPS) is 40.2. The van der Waals surface area contributed by atoms with Gasteiger partial charge in [-0.2, -0.15) is 0 Å². The van der Waals surface area contributed by atoms with Gasteiger partial charge < -0.3 is 4.90 Å². The third-order valence-electron chi connectivity index (χ3n) is 7.90. The Balaban J connectivity index is 1.75. The lowest BCUT2D eigenvalue weighted by Gasteiger charge is -2.58. The molecular weight excluding hydrogens is 296 g/mol. The van der Waals surface area contributed by atoms with E-state index in [1.807, 2.05) is 0 Å². The van der Waals surface area contributed by atoms with Crippen LogP contribution in [0.1, 0.15) is 57.9 Å². The molecule has 0 aromatic heterocycles. The maximum Gasteiger partial charge on any atom is 0.224 e. The van der Waals surface area contributed by atoms with Gasteiger partial charge in [0.2, 0.25) is 5.91 Å². The van der Waals surface area contributed by atoms with Crippen LogP contribution in [-0.2, 0) is 10.2 Å². The van der Waals surface area contributed by atoms with Crippen LogP contribution in [0.4, 0.5) is 5.69 Å². The first-order chi connectivity index (χ1) is 11.6. The molecule has 0 N–H and O–H groups in total. The molecule has 2 saturated heterocycles. The molecule has 3 nitrogen and oxygen atoms in total. The second-order valence-electron chi connectivity index (χ2n) is 8.51. The van der Waals surface area contributed by atoms with Crippen molar-refractivity contribution in [1.29, 1.82) is 0 Å². The van der Waals surface area contributed by atoms with Gasteiger partial charge in [0.15, 0.2) is 0 Å². The van der Waals surface area contributed by atoms with Crippen LogP contribution in [0.3, 0.4) is 0 Å². The monoisotopic (exact) mass is 324 g/mol. The molecule has 4 atom stereocenters. The van der Waals surface area contributed by atoms with Gasteiger partial charge in [-0.3, -0.25) is 9.69 Å². The largest absolute Gasteiger partial charge is 0.308 e. The summed E-state index contributed by atoms with van der Waals surface area (Å²) in [7, 11) is 0. The van der Waals surface area contributed by atoms with Crippen molar-refractivity contribution in [3.8, 4) is 0 Å². The van der Waals surface area contributed by atoms with Crippen molar-refractivity contribution in [2.45, 2.75) is 69.9 Å². The van der Waals surface area contributed by atoms with Gasteiger partial charge in [-0.1, -0.05) is 25.1 Å². The number of amides is 1. The average Bonchev–Trinajstić information content (AvgIpc) is 3.13. The van der Waals surface area contributed by atoms with Gasteiger partial charge in [-0.05, 0) is 68.7 Å². The van der Waals surface area contributed by atoms with Crippen molar-refractivity contribution < 1.29 is 4.79 Å². The second-order valence-corrected chi connectivity index (χ2v) is 8.51. The molecular formula is C21H28N2O. The Labute approximate surface area is 145 Å². The van der Waals surface area contributed by atoms with Gasteiger partial charge in [-0.25, -0.2) is 0 Å². The van der Waals surface area contributed by atoms with Crippen LogP contribution < -0.4 is 4.90 Å². The van der Waals surface area contributed by atoms with Gasteiger partial charge in [0.25, 0.3) is 0 Å². The molecule has 0 radical (unpaired) electrons. The summed E-state index contributed by atoms with van der Waals surface area (Å²) in [5.41, 5.74) is 3.31. The summed E-state index contributed by atoms with van der Waals surface area (Å²) in [6, 6.07) is 9.80. The predicted octanol–water partition coefficient (Wildman–Crippen LogP) is 3.72. The third kappa shape index (κ3) is 1.55. The van der Waals surface area contributed by atoms with Crippen molar-refractivity contribution in [3.63, 3.8) is 0 Å². The molecule has 1 spiro atoms. The Hall–Kier alpha value is -1.35. The molecule has 1 amide bonds. The maximum atomic E-state index is 12.6. The molecule has 3 heterocycles. The molecule has 24 heavy (non-hydrogen) atoms. The minimum absolute atomic E-state index is 0.178. The average molecular weight is 324 g/mol. The van der Waals surface area contributed by atoms with E-state index in [1.54, 1.807) is 6.92 Å². The van der Waals surface area contributed by atoms with Crippen LogP contribution in [0.5, 0.6) is 0 Å². The number of nitrogens with zero attached hydrogens (tertiary/aromatic N) is 2. The van der Waals surface area contributed by atoms with Crippen LogP contribution in [0.25, 0.3) is 0 Å². The van der Waals surface area contributed by atoms with Gasteiger partial charge >= 0.3 is 0 Å². The lowest BCUT2D eigenvalue weighted by atomic mass is 9.52. The van der Waals surface area contributed by atoms with Gasteiger partial charge in [0, 0.05) is 30.1 Å². The fraction of sp³-hybridized carbons (Fsp3) is 0.667. The summed E-state index contributed by atoms with van der Waals surface area (Å²) in [5.74, 6) is 0.225. The molecule has 128 valence electrons. The summed E-state index contributed by atoms with van der Waals surface area (Å²) in [6.07, 6.45) is 7.70. The van der Waals surface area contributed by atoms with E-state index in [1.165, 1.54) is 62.9 Å². The van der Waals surface area contributed by atoms with Crippen LogP contribution in [0.15, 0.2) is 24.3 Å². The van der Waals surface area contributed by atoms with Gasteiger partial charge in [0.05, 0.1) is 0 Å². The van der Waals surface area contributed by atoms with Crippen LogP contribution in [0, 0.1) is 5.41 Å². The number of carbonyl (C=O) groups excluding carboxylic acids is 1. The summed E-state index contributed by atoms with van der Waals surface area (Å²) in [4.78, 5) is 17.5. The second kappa shape index (κ2) is 4.85. The standard InChI is InChI=1S/C21H28N2O/c1-3-20-10-6-13-22-14-12-21(19(20)22)16-7-4-5-8-17(16)23(15(2)24)18(21)9-11-20/h4-5,7-8,18-19H,3,6,9-14H2,1-2H3/t18-,19-,20-,21-/m1/s1. The van der Waals surface area contributed by atoms with E-state index < -0.39 is 0 Å². The highest BCUT2D eigenvalue weighted by molar-refractivity contribution is 5.96. The topological polar surface area (TPSA) is 23.6 Å². The first kappa shape index (κ1) is 14.9.